The molecule has 0 bridgehead atoms. The summed E-state index contributed by atoms with van der Waals surface area (Å²) in [6.45, 7) is 9.89. The second kappa shape index (κ2) is 8.48. The Morgan fingerprint density at radius 3 is 2.18 bits per heavy atom. The van der Waals surface area contributed by atoms with E-state index in [2.05, 4.69) is 30.5 Å². The first-order chi connectivity index (χ1) is 15.5. The molecule has 2 aromatic carbocycles. The molecule has 0 saturated heterocycles. The van der Waals surface area contributed by atoms with Crippen molar-refractivity contribution >= 4 is 46.2 Å². The van der Waals surface area contributed by atoms with Crippen LogP contribution in [-0.2, 0) is 16.8 Å². The third-order valence-electron chi connectivity index (χ3n) is 5.56. The maximum atomic E-state index is 13.4. The van der Waals surface area contributed by atoms with Crippen LogP contribution in [0, 0.1) is 13.8 Å². The van der Waals surface area contributed by atoms with E-state index in [0.29, 0.717) is 16.3 Å². The smallest absolute Gasteiger partial charge is 0.268 e. The molecule has 1 unspecified atom stereocenters. The predicted octanol–water partition coefficient (Wildman–Crippen LogP) is 5.58. The Morgan fingerprint density at radius 2 is 1.58 bits per heavy atom. The molecule has 0 aliphatic carbocycles. The van der Waals surface area contributed by atoms with Crippen molar-refractivity contribution in [3.05, 3.63) is 81.6 Å². The lowest BCUT2D eigenvalue weighted by molar-refractivity contribution is 0.0926. The van der Waals surface area contributed by atoms with Crippen molar-refractivity contribution in [1.29, 1.82) is 0 Å². The number of pyridine rings is 1. The summed E-state index contributed by atoms with van der Waals surface area (Å²) in [6.07, 6.45) is 0. The molecule has 1 aliphatic heterocycles. The molecule has 4 rings (SSSR count). The third-order valence-corrected chi connectivity index (χ3v) is 6.98. The van der Waals surface area contributed by atoms with Gasteiger partial charge in [-0.05, 0) is 61.2 Å². The largest absolute Gasteiger partial charge is 0.588 e. The fourth-order valence-corrected chi connectivity index (χ4v) is 4.89. The van der Waals surface area contributed by atoms with E-state index < -0.39 is 23.2 Å². The topological polar surface area (TPSA) is 85.4 Å². The van der Waals surface area contributed by atoms with Gasteiger partial charge < -0.3 is 4.55 Å². The van der Waals surface area contributed by atoms with Gasteiger partial charge in [0.25, 0.3) is 11.8 Å². The van der Waals surface area contributed by atoms with Gasteiger partial charge in [0.2, 0.25) is 0 Å². The average Bonchev–Trinajstić information content (AvgIpc) is 3.01. The quantitative estimate of drug-likeness (QED) is 0.388. The molecule has 0 fully saturated rings. The standard InChI is InChI=1S/C25H24ClN3O3S/c1-14-6-13-20(15(2)27-14)29-23(30)21-18(26)11-12-19(22(21)24(29)31)28-33(32)17-9-7-16(8-10-17)25(3,4)5/h6-13,28H,1-5H3. The summed E-state index contributed by atoms with van der Waals surface area (Å²) in [7, 11) is 0. The highest BCUT2D eigenvalue weighted by atomic mass is 35.5. The molecule has 3 aromatic rings. The lowest BCUT2D eigenvalue weighted by Crippen LogP contribution is -2.30. The van der Waals surface area contributed by atoms with E-state index in [0.717, 1.165) is 16.2 Å². The lowest BCUT2D eigenvalue weighted by Gasteiger charge is -2.19. The zero-order valence-electron chi connectivity index (χ0n) is 19.0. The van der Waals surface area contributed by atoms with Crippen LogP contribution in [0.15, 0.2) is 53.4 Å². The predicted molar refractivity (Wildman–Crippen MR) is 131 cm³/mol. The number of amides is 2. The monoisotopic (exact) mass is 481 g/mol. The van der Waals surface area contributed by atoms with E-state index in [1.807, 2.05) is 19.1 Å². The summed E-state index contributed by atoms with van der Waals surface area (Å²) in [5.41, 5.74) is 3.30. The number of nitrogens with one attached hydrogen (secondary N) is 1. The number of hydrogen-bond acceptors (Lipinski definition) is 5. The second-order valence-electron chi connectivity index (χ2n) is 8.99. The highest BCUT2D eigenvalue weighted by Gasteiger charge is 2.42. The Balaban J connectivity index is 1.69. The first-order valence-corrected chi connectivity index (χ1v) is 12.0. The fourth-order valence-electron chi connectivity index (χ4n) is 3.78. The summed E-state index contributed by atoms with van der Waals surface area (Å²) in [4.78, 5) is 32.6. The molecule has 0 saturated carbocycles. The van der Waals surface area contributed by atoms with E-state index in [1.54, 1.807) is 37.3 Å². The number of benzene rings is 2. The van der Waals surface area contributed by atoms with Gasteiger partial charge in [-0.3, -0.25) is 14.6 Å². The van der Waals surface area contributed by atoms with Crippen LogP contribution in [-0.4, -0.2) is 21.4 Å². The number of aryl methyl sites for hydroxylation is 2. The van der Waals surface area contributed by atoms with Crippen LogP contribution in [0.2, 0.25) is 5.02 Å². The fraction of sp³-hybridized carbons (Fsp3) is 0.240. The molecular formula is C25H24ClN3O3S. The van der Waals surface area contributed by atoms with Gasteiger partial charge in [0, 0.05) is 5.69 Å². The molecule has 33 heavy (non-hydrogen) atoms. The third kappa shape index (κ3) is 4.24. The van der Waals surface area contributed by atoms with E-state index in [4.69, 9.17) is 11.6 Å². The minimum absolute atomic E-state index is 0.0241. The Hall–Kier alpha value is -2.87. The minimum Gasteiger partial charge on any atom is -0.588 e. The SMILES string of the molecule is Cc1ccc(N2C(=O)c3c(Cl)ccc(N[S+]([O-])c4ccc(C(C)(C)C)cc4)c3C2=O)c(C)n1. The number of aromatic nitrogens is 1. The zero-order valence-corrected chi connectivity index (χ0v) is 20.6. The summed E-state index contributed by atoms with van der Waals surface area (Å²) in [5, 5.41) is 0.162. The number of rotatable bonds is 4. The Morgan fingerprint density at radius 1 is 0.939 bits per heavy atom. The Kier molecular flexibility index (Phi) is 5.99. The molecular weight excluding hydrogens is 458 g/mol. The van der Waals surface area contributed by atoms with Gasteiger partial charge in [-0.15, -0.1) is 0 Å². The molecule has 1 N–H and O–H groups in total. The number of imide groups is 1. The number of halogens is 1. The van der Waals surface area contributed by atoms with Crippen molar-refractivity contribution in [1.82, 2.24) is 4.98 Å². The van der Waals surface area contributed by atoms with Crippen LogP contribution in [0.4, 0.5) is 11.4 Å². The van der Waals surface area contributed by atoms with Crippen molar-refractivity contribution in [3.8, 4) is 0 Å². The van der Waals surface area contributed by atoms with Gasteiger partial charge >= 0.3 is 0 Å². The number of hydrogen-bond donors (Lipinski definition) is 1. The summed E-state index contributed by atoms with van der Waals surface area (Å²) < 4.78 is 15.9. The first kappa shape index (κ1) is 23.3. The number of fused-ring (bicyclic) bond motifs is 1. The molecule has 2 amide bonds. The van der Waals surface area contributed by atoms with Gasteiger partial charge in [0.05, 0.1) is 33.2 Å². The van der Waals surface area contributed by atoms with Gasteiger partial charge in [-0.25, -0.2) is 9.62 Å². The Labute approximate surface area is 201 Å². The maximum absolute atomic E-state index is 13.4. The lowest BCUT2D eigenvalue weighted by atomic mass is 9.87. The van der Waals surface area contributed by atoms with E-state index >= 15 is 0 Å². The summed E-state index contributed by atoms with van der Waals surface area (Å²) in [6, 6.07) is 14.0. The van der Waals surface area contributed by atoms with E-state index in [1.165, 1.54) is 6.07 Å². The van der Waals surface area contributed by atoms with Crippen molar-refractivity contribution in [2.24, 2.45) is 0 Å². The molecule has 1 atom stereocenters. The Bertz CT molecular complexity index is 1270. The minimum atomic E-state index is -1.65. The first-order valence-electron chi connectivity index (χ1n) is 10.4. The molecule has 170 valence electrons. The van der Waals surface area contributed by atoms with Gasteiger partial charge in [-0.1, -0.05) is 44.5 Å². The molecule has 1 aliphatic rings. The number of carbonyl (C=O) groups is 2. The van der Waals surface area contributed by atoms with Crippen LogP contribution in [0.5, 0.6) is 0 Å². The van der Waals surface area contributed by atoms with Gasteiger partial charge in [0.1, 0.15) is 11.4 Å². The summed E-state index contributed by atoms with van der Waals surface area (Å²) in [5.74, 6) is -1.06. The number of nitrogens with zero attached hydrogens (tertiary/aromatic N) is 2. The van der Waals surface area contributed by atoms with Gasteiger partial charge in [0.15, 0.2) is 4.90 Å². The van der Waals surface area contributed by atoms with Crippen molar-refractivity contribution in [2.75, 3.05) is 9.62 Å². The van der Waals surface area contributed by atoms with Crippen LogP contribution >= 0.6 is 11.6 Å². The molecule has 6 nitrogen and oxygen atoms in total. The van der Waals surface area contributed by atoms with Gasteiger partial charge in [-0.2, -0.15) is 0 Å². The zero-order chi connectivity index (χ0) is 24.1. The number of anilines is 2. The second-order valence-corrected chi connectivity index (χ2v) is 10.6. The van der Waals surface area contributed by atoms with Crippen molar-refractivity contribution < 1.29 is 14.1 Å². The maximum Gasteiger partial charge on any atom is 0.268 e. The molecule has 2 heterocycles. The van der Waals surface area contributed by atoms with Crippen molar-refractivity contribution in [2.45, 2.75) is 44.9 Å². The normalized spacial score (nSPS) is 14.5. The van der Waals surface area contributed by atoms with E-state index in [-0.39, 0.29) is 27.3 Å². The van der Waals surface area contributed by atoms with Crippen LogP contribution in [0.3, 0.4) is 0 Å². The average molecular weight is 482 g/mol. The van der Waals surface area contributed by atoms with Crippen LogP contribution in [0.25, 0.3) is 0 Å². The van der Waals surface area contributed by atoms with Crippen molar-refractivity contribution in [3.63, 3.8) is 0 Å². The molecule has 8 heteroatoms. The van der Waals surface area contributed by atoms with Crippen LogP contribution < -0.4 is 9.62 Å². The molecule has 0 radical (unpaired) electrons. The number of carbonyl (C=O) groups excluding carboxylic acids is 2. The summed E-state index contributed by atoms with van der Waals surface area (Å²) >= 11 is 4.67. The highest BCUT2D eigenvalue weighted by Crippen LogP contribution is 2.38. The highest BCUT2D eigenvalue weighted by molar-refractivity contribution is 7.92. The van der Waals surface area contributed by atoms with E-state index in [9.17, 15) is 14.1 Å². The molecule has 1 aromatic heterocycles. The van der Waals surface area contributed by atoms with Crippen LogP contribution in [0.1, 0.15) is 58.4 Å². The molecule has 0 spiro atoms.